The Bertz CT molecular complexity index is 1450. The summed E-state index contributed by atoms with van der Waals surface area (Å²) >= 11 is 3.48. The number of nitrogens with one attached hydrogen (secondary N) is 1. The Kier molecular flexibility index (Phi) is 7.49. The van der Waals surface area contributed by atoms with Crippen LogP contribution in [0.3, 0.4) is 0 Å². The molecule has 8 nitrogen and oxygen atoms in total. The molecule has 1 saturated heterocycles. The summed E-state index contributed by atoms with van der Waals surface area (Å²) in [5, 5.41) is 2.15. The van der Waals surface area contributed by atoms with Gasteiger partial charge in [0.15, 0.2) is 0 Å². The van der Waals surface area contributed by atoms with Crippen LogP contribution < -0.4 is 15.0 Å². The molecule has 0 saturated carbocycles. The van der Waals surface area contributed by atoms with E-state index in [9.17, 15) is 23.6 Å². The molecule has 1 aliphatic rings. The second-order valence-electron chi connectivity index (χ2n) is 7.95. The summed E-state index contributed by atoms with van der Waals surface area (Å²) in [5.74, 6) is -2.21. The second-order valence-corrected chi connectivity index (χ2v) is 8.80. The van der Waals surface area contributed by atoms with Crippen LogP contribution in [0.15, 0.2) is 70.7 Å². The molecule has 1 aliphatic heterocycles. The number of hydrogen-bond acceptors (Lipinski definition) is 6. The molecular weight excluding hydrogens is 547 g/mol. The molecule has 10 heteroatoms. The minimum absolute atomic E-state index is 0.160. The lowest BCUT2D eigenvalue weighted by Gasteiger charge is -2.26. The van der Waals surface area contributed by atoms with Gasteiger partial charge in [-0.2, -0.15) is 0 Å². The van der Waals surface area contributed by atoms with Gasteiger partial charge in [-0.3, -0.25) is 14.9 Å². The summed E-state index contributed by atoms with van der Waals surface area (Å²) in [7, 11) is 2.70. The van der Waals surface area contributed by atoms with Gasteiger partial charge in [-0.1, -0.05) is 34.1 Å². The predicted molar refractivity (Wildman–Crippen MR) is 137 cm³/mol. The van der Waals surface area contributed by atoms with Crippen molar-refractivity contribution in [3.8, 4) is 5.75 Å². The minimum Gasteiger partial charge on any atom is -0.496 e. The molecule has 3 aromatic rings. The molecule has 0 atom stereocenters. The van der Waals surface area contributed by atoms with E-state index in [0.29, 0.717) is 26.9 Å². The van der Waals surface area contributed by atoms with E-state index < -0.39 is 23.8 Å². The Hall–Kier alpha value is -4.31. The maximum absolute atomic E-state index is 14.2. The number of hydrogen-bond donors (Lipinski definition) is 1. The average Bonchev–Trinajstić information content (AvgIpc) is 2.88. The van der Waals surface area contributed by atoms with E-state index in [1.54, 1.807) is 30.3 Å². The molecule has 1 N–H and O–H groups in total. The van der Waals surface area contributed by atoms with Crippen molar-refractivity contribution in [2.75, 3.05) is 19.1 Å². The third-order valence-corrected chi connectivity index (χ3v) is 6.39. The van der Waals surface area contributed by atoms with Crippen LogP contribution in [0.4, 0.5) is 14.9 Å². The molecule has 1 fully saturated rings. The van der Waals surface area contributed by atoms with Gasteiger partial charge in [0.2, 0.25) is 0 Å². The highest BCUT2D eigenvalue weighted by molar-refractivity contribution is 9.10. The van der Waals surface area contributed by atoms with Gasteiger partial charge < -0.3 is 9.47 Å². The number of anilines is 1. The number of benzene rings is 3. The van der Waals surface area contributed by atoms with Gasteiger partial charge >= 0.3 is 12.0 Å². The lowest BCUT2D eigenvalue weighted by atomic mass is 10.00. The number of methoxy groups -OCH3 is 2. The maximum Gasteiger partial charge on any atom is 0.337 e. The summed E-state index contributed by atoms with van der Waals surface area (Å²) in [6, 6.07) is 14.3. The number of carbonyl (C=O) groups excluding carboxylic acids is 4. The molecule has 1 heterocycles. The summed E-state index contributed by atoms with van der Waals surface area (Å²) in [5.41, 5.74) is 1.70. The number of halogens is 2. The first kappa shape index (κ1) is 25.8. The maximum atomic E-state index is 14.2. The number of ether oxygens (including phenoxy) is 2. The standard InChI is InChI=1S/C27H20BrFN2O6/c1-36-23-13-15(12-21(28)19(23)14-17-5-3-4-6-22(17)29)11-20-24(32)30-27(35)31(25(20)33)18-9-7-16(8-10-18)26(34)37-2/h3-13H,14H2,1-2H3,(H,30,32,35)/b20-11+. The van der Waals surface area contributed by atoms with Gasteiger partial charge in [-0.25, -0.2) is 18.9 Å². The molecule has 0 radical (unpaired) electrons. The van der Waals surface area contributed by atoms with Crippen LogP contribution in [0.25, 0.3) is 6.08 Å². The largest absolute Gasteiger partial charge is 0.496 e. The summed E-state index contributed by atoms with van der Waals surface area (Å²) in [6.07, 6.45) is 1.58. The van der Waals surface area contributed by atoms with Gasteiger partial charge in [0, 0.05) is 16.5 Å². The molecule has 4 rings (SSSR count). The summed E-state index contributed by atoms with van der Waals surface area (Å²) in [6.45, 7) is 0. The zero-order chi connectivity index (χ0) is 26.7. The van der Waals surface area contributed by atoms with E-state index in [2.05, 4.69) is 26.0 Å². The third kappa shape index (κ3) is 5.29. The molecule has 0 spiro atoms. The van der Waals surface area contributed by atoms with Crippen molar-refractivity contribution in [3.05, 3.63) is 98.8 Å². The molecular formula is C27H20BrFN2O6. The first-order valence-corrected chi connectivity index (χ1v) is 11.7. The molecule has 0 bridgehead atoms. The van der Waals surface area contributed by atoms with E-state index >= 15 is 0 Å². The van der Waals surface area contributed by atoms with Crippen molar-refractivity contribution in [1.82, 2.24) is 5.32 Å². The smallest absolute Gasteiger partial charge is 0.337 e. The number of barbiturate groups is 1. The Morgan fingerprint density at radius 1 is 1.05 bits per heavy atom. The van der Waals surface area contributed by atoms with Crippen LogP contribution >= 0.6 is 15.9 Å². The van der Waals surface area contributed by atoms with Crippen molar-refractivity contribution >= 4 is 51.5 Å². The number of amides is 4. The molecule has 188 valence electrons. The number of carbonyl (C=O) groups is 4. The van der Waals surface area contributed by atoms with Gasteiger partial charge in [0.1, 0.15) is 17.1 Å². The molecule has 3 aromatic carbocycles. The van der Waals surface area contributed by atoms with Gasteiger partial charge in [0.05, 0.1) is 25.5 Å². The molecule has 0 aliphatic carbocycles. The quantitative estimate of drug-likeness (QED) is 0.265. The van der Waals surface area contributed by atoms with Crippen LogP contribution in [0, 0.1) is 5.82 Å². The van der Waals surface area contributed by atoms with Crippen molar-refractivity contribution in [2.24, 2.45) is 0 Å². The third-order valence-electron chi connectivity index (χ3n) is 5.68. The lowest BCUT2D eigenvalue weighted by Crippen LogP contribution is -2.54. The fourth-order valence-corrected chi connectivity index (χ4v) is 4.42. The lowest BCUT2D eigenvalue weighted by molar-refractivity contribution is -0.122. The summed E-state index contributed by atoms with van der Waals surface area (Å²) in [4.78, 5) is 50.7. The van der Waals surface area contributed by atoms with Crippen LogP contribution in [0.2, 0.25) is 0 Å². The topological polar surface area (TPSA) is 102 Å². The van der Waals surface area contributed by atoms with Crippen LogP contribution in [0.1, 0.15) is 27.0 Å². The first-order valence-electron chi connectivity index (χ1n) is 10.9. The fraction of sp³-hybridized carbons (Fsp3) is 0.111. The van der Waals surface area contributed by atoms with Crippen LogP contribution in [0.5, 0.6) is 5.75 Å². The Morgan fingerprint density at radius 3 is 2.41 bits per heavy atom. The highest BCUT2D eigenvalue weighted by atomic mass is 79.9. The van der Waals surface area contributed by atoms with Gasteiger partial charge in [-0.05, 0) is 59.7 Å². The Balaban J connectivity index is 1.68. The normalized spacial score (nSPS) is 14.5. The minimum atomic E-state index is -0.919. The number of imide groups is 2. The van der Waals surface area contributed by atoms with Crippen molar-refractivity contribution in [1.29, 1.82) is 0 Å². The monoisotopic (exact) mass is 566 g/mol. The average molecular weight is 567 g/mol. The van der Waals surface area contributed by atoms with E-state index in [4.69, 9.17) is 4.74 Å². The van der Waals surface area contributed by atoms with Crippen LogP contribution in [-0.2, 0) is 20.7 Å². The Morgan fingerprint density at radius 2 is 1.76 bits per heavy atom. The first-order chi connectivity index (χ1) is 17.7. The molecule has 0 unspecified atom stereocenters. The highest BCUT2D eigenvalue weighted by Gasteiger charge is 2.37. The second kappa shape index (κ2) is 10.8. The van der Waals surface area contributed by atoms with E-state index in [1.807, 2.05) is 0 Å². The van der Waals surface area contributed by atoms with E-state index in [-0.39, 0.29) is 29.1 Å². The zero-order valence-corrected chi connectivity index (χ0v) is 21.3. The van der Waals surface area contributed by atoms with Gasteiger partial charge in [-0.15, -0.1) is 0 Å². The SMILES string of the molecule is COC(=O)c1ccc(N2C(=O)NC(=O)/C(=C\c3cc(Br)c(Cc4ccccc4F)c(OC)c3)C2=O)cc1. The van der Waals surface area contributed by atoms with Crippen molar-refractivity contribution in [2.45, 2.75) is 6.42 Å². The Labute approximate surface area is 219 Å². The number of rotatable bonds is 6. The van der Waals surface area contributed by atoms with Crippen molar-refractivity contribution in [3.63, 3.8) is 0 Å². The highest BCUT2D eigenvalue weighted by Crippen LogP contribution is 2.33. The van der Waals surface area contributed by atoms with E-state index in [1.165, 1.54) is 50.6 Å². The number of urea groups is 1. The predicted octanol–water partition coefficient (Wildman–Crippen LogP) is 4.64. The zero-order valence-electron chi connectivity index (χ0n) is 19.7. The summed E-state index contributed by atoms with van der Waals surface area (Å²) < 4.78 is 24.9. The van der Waals surface area contributed by atoms with Crippen molar-refractivity contribution < 1.29 is 33.0 Å². The molecule has 4 amide bonds. The van der Waals surface area contributed by atoms with Gasteiger partial charge in [0.25, 0.3) is 11.8 Å². The van der Waals surface area contributed by atoms with Crippen LogP contribution in [-0.4, -0.2) is 38.0 Å². The van der Waals surface area contributed by atoms with E-state index in [0.717, 1.165) is 4.90 Å². The molecule has 37 heavy (non-hydrogen) atoms. The molecule has 0 aromatic heterocycles. The number of nitrogens with zero attached hydrogens (tertiary/aromatic N) is 1. The fourth-order valence-electron chi connectivity index (χ4n) is 3.82. The number of esters is 1.